The van der Waals surface area contributed by atoms with Gasteiger partial charge in [-0.15, -0.1) is 6.58 Å². The molecule has 0 unspecified atom stereocenters. The summed E-state index contributed by atoms with van der Waals surface area (Å²) in [5, 5.41) is 27.8. The van der Waals surface area contributed by atoms with Crippen LogP contribution in [-0.4, -0.2) is 64.5 Å². The molecule has 1 aliphatic heterocycles. The molecule has 342 valence electrons. The number of aliphatic hydroxyl groups is 2. The number of carbonyl (C=O) groups excluding carboxylic acids is 2. The van der Waals surface area contributed by atoms with Gasteiger partial charge in [0.1, 0.15) is 30.0 Å². The van der Waals surface area contributed by atoms with Crippen LogP contribution in [0.25, 0.3) is 0 Å². The van der Waals surface area contributed by atoms with Gasteiger partial charge < -0.3 is 39.5 Å². The highest BCUT2D eigenvalue weighted by atomic mass is 19.1. The first-order valence-corrected chi connectivity index (χ1v) is 23.1. The van der Waals surface area contributed by atoms with E-state index >= 15 is 0 Å². The minimum absolute atomic E-state index is 0.0116. The topological polar surface area (TPSA) is 139 Å². The van der Waals surface area contributed by atoms with Crippen molar-refractivity contribution >= 4 is 17.7 Å². The van der Waals surface area contributed by atoms with Gasteiger partial charge >= 0.3 is 6.09 Å². The van der Waals surface area contributed by atoms with E-state index in [2.05, 4.69) is 18.0 Å². The maximum atomic E-state index is 14.8. The molecule has 65 heavy (non-hydrogen) atoms. The van der Waals surface area contributed by atoms with Crippen LogP contribution in [0.4, 0.5) is 9.18 Å². The van der Waals surface area contributed by atoms with Crippen LogP contribution >= 0.6 is 0 Å². The first-order chi connectivity index (χ1) is 31.8. The van der Waals surface area contributed by atoms with E-state index in [0.29, 0.717) is 36.6 Å². The molecule has 2 fully saturated rings. The van der Waals surface area contributed by atoms with Crippen molar-refractivity contribution in [2.24, 2.45) is 28.8 Å². The molecule has 2 saturated carbocycles. The molecule has 6 atom stereocenters. The highest BCUT2D eigenvalue weighted by Crippen LogP contribution is 2.62. The van der Waals surface area contributed by atoms with Crippen LogP contribution in [0.15, 0.2) is 133 Å². The molecule has 0 spiro atoms. The van der Waals surface area contributed by atoms with E-state index in [0.717, 1.165) is 66.4 Å². The molecule has 0 radical (unpaired) electrons. The Bertz CT molecular complexity index is 2300. The van der Waals surface area contributed by atoms with E-state index in [-0.39, 0.29) is 74.8 Å². The summed E-state index contributed by atoms with van der Waals surface area (Å²) in [4.78, 5) is 36.2. The number of benzene rings is 4. The lowest BCUT2D eigenvalue weighted by Crippen LogP contribution is -2.70. The Hall–Kier alpha value is -5.82. The fraction of sp³-hybridized carbons (Fsp3) is 0.415. The normalized spacial score (nSPS) is 23.6. The number of aliphatic hydroxyl groups excluding tert-OH is 2. The molecule has 3 N–H and O–H groups in total. The second-order valence-electron chi connectivity index (χ2n) is 17.6. The van der Waals surface area contributed by atoms with Gasteiger partial charge in [-0.1, -0.05) is 103 Å². The average molecular weight is 886 g/mol. The fourth-order valence-electron chi connectivity index (χ4n) is 10.1. The third-order valence-corrected chi connectivity index (χ3v) is 13.2. The van der Waals surface area contributed by atoms with E-state index in [1.807, 2.05) is 77.7 Å². The van der Waals surface area contributed by atoms with Crippen LogP contribution in [0, 0.1) is 29.5 Å². The number of ether oxygens (including phenoxy) is 3. The van der Waals surface area contributed by atoms with Crippen LogP contribution in [0.1, 0.15) is 86.0 Å². The van der Waals surface area contributed by atoms with Crippen LogP contribution < -0.4 is 14.8 Å². The van der Waals surface area contributed by atoms with E-state index in [1.54, 1.807) is 24.3 Å². The third kappa shape index (κ3) is 10.7. The zero-order chi connectivity index (χ0) is 45.2. The van der Waals surface area contributed by atoms with Gasteiger partial charge in [-0.05, 0) is 103 Å². The monoisotopic (exact) mass is 885 g/mol. The molecule has 2 amide bonds. The Kier molecular flexibility index (Phi) is 15.1. The second-order valence-corrected chi connectivity index (χ2v) is 17.6. The van der Waals surface area contributed by atoms with E-state index < -0.39 is 23.8 Å². The minimum Gasteiger partial charge on any atom is -0.459 e. The summed E-state index contributed by atoms with van der Waals surface area (Å²) in [5.74, 6) is -2.05. The predicted octanol–water partition coefficient (Wildman–Crippen LogP) is 9.39. The molecular weight excluding hydrogens is 826 g/mol. The zero-order valence-corrected chi connectivity index (χ0v) is 36.9. The van der Waals surface area contributed by atoms with Gasteiger partial charge in [-0.25, -0.2) is 9.18 Å². The number of hydrogen-bond donors (Lipinski definition) is 3. The molecule has 3 aliphatic carbocycles. The van der Waals surface area contributed by atoms with Crippen molar-refractivity contribution in [3.63, 3.8) is 0 Å². The summed E-state index contributed by atoms with van der Waals surface area (Å²) >= 11 is 0. The van der Waals surface area contributed by atoms with Gasteiger partial charge in [0.05, 0.1) is 18.2 Å². The minimum atomic E-state index is -1.47. The van der Waals surface area contributed by atoms with Crippen molar-refractivity contribution in [2.75, 3.05) is 19.8 Å². The number of amides is 2. The number of oxime groups is 1. The molecule has 12 heteroatoms. The number of halogens is 1. The second kappa shape index (κ2) is 21.4. The highest BCUT2D eigenvalue weighted by Gasteiger charge is 2.66. The van der Waals surface area contributed by atoms with Gasteiger partial charge in [0, 0.05) is 50.1 Å². The zero-order valence-electron chi connectivity index (χ0n) is 36.9. The van der Waals surface area contributed by atoms with Gasteiger partial charge in [0.25, 0.3) is 0 Å². The lowest BCUT2D eigenvalue weighted by molar-refractivity contribution is -0.258. The Balaban J connectivity index is 1.29. The van der Waals surface area contributed by atoms with Crippen LogP contribution in [0.5, 0.6) is 11.5 Å². The summed E-state index contributed by atoms with van der Waals surface area (Å²) < 4.78 is 34.8. The molecule has 0 saturated heterocycles. The molecule has 11 nitrogen and oxygen atoms in total. The van der Waals surface area contributed by atoms with E-state index in [4.69, 9.17) is 24.2 Å². The van der Waals surface area contributed by atoms with Crippen molar-refractivity contribution in [3.8, 4) is 11.5 Å². The Morgan fingerprint density at radius 2 is 1.60 bits per heavy atom. The summed E-state index contributed by atoms with van der Waals surface area (Å²) in [7, 11) is 0. The summed E-state index contributed by atoms with van der Waals surface area (Å²) in [6.07, 6.45) is 9.47. The van der Waals surface area contributed by atoms with Crippen molar-refractivity contribution in [2.45, 2.75) is 95.2 Å². The molecular formula is C53H60FN3O8. The number of nitrogens with one attached hydrogen (secondary N) is 1. The lowest BCUT2D eigenvalue weighted by atomic mass is 9.55. The number of carbonyl (C=O) groups is 2. The molecule has 0 aromatic heterocycles. The smallest absolute Gasteiger partial charge is 0.412 e. The fourth-order valence-corrected chi connectivity index (χ4v) is 10.1. The molecule has 0 bridgehead atoms. The lowest BCUT2D eigenvalue weighted by Gasteiger charge is -2.60. The van der Waals surface area contributed by atoms with Gasteiger partial charge in [-0.3, -0.25) is 4.79 Å². The molecule has 4 aliphatic rings. The van der Waals surface area contributed by atoms with Crippen LogP contribution in [0.2, 0.25) is 0 Å². The number of nitrogens with zero attached hydrogens (tertiary/aromatic N) is 2. The maximum Gasteiger partial charge on any atom is 0.412 e. The van der Waals surface area contributed by atoms with E-state index in [1.165, 1.54) is 12.1 Å². The Labute approximate surface area is 380 Å². The molecule has 4 aromatic carbocycles. The van der Waals surface area contributed by atoms with Crippen molar-refractivity contribution < 1.29 is 43.2 Å². The molecule has 1 heterocycles. The largest absolute Gasteiger partial charge is 0.459 e. The number of unbranched alkanes of at least 4 members (excludes halogenated alkanes) is 2. The average Bonchev–Trinajstić information content (AvgIpc) is 4.18. The number of hydrogen-bond acceptors (Lipinski definition) is 9. The SMILES string of the molecule is C=CCO[C@@]12Oc3ccc(OC(=O)NCc4ccccc4)cc3[C@H]3[C@H](CCCCO)[C@@H](CCCCO)C=C(C(=NOCc4ccccc4)C[C@@H]1N(Cc1ccc(F)cc1)C(=O)C1CC1)[C@H]32. The predicted molar refractivity (Wildman–Crippen MR) is 245 cm³/mol. The van der Waals surface area contributed by atoms with Gasteiger partial charge in [-0.2, -0.15) is 0 Å². The van der Waals surface area contributed by atoms with E-state index in [9.17, 15) is 24.2 Å². The van der Waals surface area contributed by atoms with Crippen molar-refractivity contribution in [1.29, 1.82) is 0 Å². The van der Waals surface area contributed by atoms with Crippen molar-refractivity contribution in [3.05, 3.63) is 156 Å². The standard InChI is InChI=1S/C53H60FN3O8/c1-2-29-62-53-48(57(51(60)39-21-22-39)34-37-19-23-41(54)24-20-37)32-46(56-63-35-38-15-7-4-8-16-38)44-30-40(17-9-11-27-58)43(18-10-12-28-59)49(50(44)53)45-31-42(25-26-47(45)65-53)64-52(61)55-33-36-13-5-3-6-14-36/h2-8,13-16,19-20,23-26,30-31,39-40,43,48-50,58-59H,1,9-12,17-18,21-22,27-29,32-35H2,(H,55,61)/t40-,43+,48-,49+,50+,53+/m0/s1. The summed E-state index contributed by atoms with van der Waals surface area (Å²) in [6, 6.07) is 30.4. The first-order valence-electron chi connectivity index (χ1n) is 23.1. The molecule has 4 aromatic rings. The van der Waals surface area contributed by atoms with Gasteiger partial charge in [0.15, 0.2) is 0 Å². The van der Waals surface area contributed by atoms with Crippen LogP contribution in [-0.2, 0) is 34.1 Å². The molecule has 8 rings (SSSR count). The third-order valence-electron chi connectivity index (χ3n) is 13.2. The number of allylic oxidation sites excluding steroid dienone is 1. The number of fused-ring (bicyclic) bond motifs is 2. The Morgan fingerprint density at radius 1 is 0.892 bits per heavy atom. The van der Waals surface area contributed by atoms with Crippen LogP contribution in [0.3, 0.4) is 0 Å². The van der Waals surface area contributed by atoms with Crippen molar-refractivity contribution in [1.82, 2.24) is 10.2 Å². The first kappa shape index (κ1) is 45.7. The van der Waals surface area contributed by atoms with Gasteiger partial charge in [0.2, 0.25) is 11.7 Å². The maximum absolute atomic E-state index is 14.8. The number of rotatable bonds is 21. The Morgan fingerprint density at radius 3 is 2.29 bits per heavy atom. The summed E-state index contributed by atoms with van der Waals surface area (Å²) in [6.45, 7) is 4.98. The quantitative estimate of drug-likeness (QED) is 0.0428. The summed E-state index contributed by atoms with van der Waals surface area (Å²) in [5.41, 5.74) is 5.04. The highest BCUT2D eigenvalue weighted by molar-refractivity contribution is 6.03.